The van der Waals surface area contributed by atoms with Crippen molar-refractivity contribution in [2.45, 2.75) is 25.9 Å². The van der Waals surface area contributed by atoms with E-state index in [0.717, 1.165) is 38.2 Å². The van der Waals surface area contributed by atoms with Gasteiger partial charge in [-0.3, -0.25) is 24.0 Å². The van der Waals surface area contributed by atoms with Crippen molar-refractivity contribution in [2.75, 3.05) is 31.9 Å². The Hall–Kier alpha value is -4.58. The highest BCUT2D eigenvalue weighted by atomic mass is 16.7. The fourth-order valence-corrected chi connectivity index (χ4v) is 5.73. The predicted octanol–water partition coefficient (Wildman–Crippen LogP) is 2.27. The van der Waals surface area contributed by atoms with Crippen LogP contribution in [0.2, 0.25) is 0 Å². The maximum atomic E-state index is 13.3. The third kappa shape index (κ3) is 5.81. The Kier molecular flexibility index (Phi) is 8.82. The molecule has 1 amide bonds. The molecule has 230 valence electrons. The number of hydroxylamine groups is 1. The van der Waals surface area contributed by atoms with Crippen LogP contribution in [0.1, 0.15) is 35.5 Å². The van der Waals surface area contributed by atoms with E-state index in [1.165, 1.54) is 24.9 Å². The molecule has 0 bridgehead atoms. The Labute approximate surface area is 255 Å². The van der Waals surface area contributed by atoms with Gasteiger partial charge in [-0.15, -0.1) is 0 Å². The molecule has 3 aromatic rings. The van der Waals surface area contributed by atoms with Crippen LogP contribution in [0.5, 0.6) is 0 Å². The lowest BCUT2D eigenvalue weighted by atomic mass is 9.71. The van der Waals surface area contributed by atoms with Gasteiger partial charge >= 0.3 is 5.69 Å². The van der Waals surface area contributed by atoms with Crippen LogP contribution < -0.4 is 26.9 Å². The molecule has 0 fully saturated rings. The zero-order chi connectivity index (χ0) is 31.6. The number of amides is 1. The summed E-state index contributed by atoms with van der Waals surface area (Å²) in [5.41, 5.74) is 3.79. The van der Waals surface area contributed by atoms with Gasteiger partial charge in [-0.25, -0.2) is 9.86 Å². The van der Waals surface area contributed by atoms with E-state index in [9.17, 15) is 14.4 Å². The van der Waals surface area contributed by atoms with E-state index in [4.69, 9.17) is 14.9 Å². The topological polar surface area (TPSA) is 131 Å². The molecule has 0 saturated carbocycles. The smallest absolute Gasteiger partial charge is 0.330 e. The number of carbonyl (C=O) groups is 1. The fraction of sp³-hybridized carbons (Fsp3) is 0.333. The minimum Gasteiger partial charge on any atom is -0.395 e. The minimum absolute atomic E-state index is 0.0597. The number of rotatable bonds is 9. The summed E-state index contributed by atoms with van der Waals surface area (Å²) in [7, 11) is 4.50. The van der Waals surface area contributed by atoms with Crippen LogP contribution in [-0.2, 0) is 18.9 Å². The van der Waals surface area contributed by atoms with Gasteiger partial charge in [-0.2, -0.15) is 0 Å². The molecule has 1 aliphatic carbocycles. The molecule has 5 rings (SSSR count). The summed E-state index contributed by atoms with van der Waals surface area (Å²) < 4.78 is 2.15. The molecule has 0 saturated heterocycles. The summed E-state index contributed by atoms with van der Waals surface area (Å²) in [4.78, 5) is 48.5. The van der Waals surface area contributed by atoms with Crippen molar-refractivity contribution < 1.29 is 14.7 Å². The SMILES string of the molecule is CON1c2cc(-c3cccc(C4=CC=CC(NC(=O)c5cn(C)c(=O)n(C)c5=O)C4(C)C)c3)cnc2C=CC1CNCCO. The monoisotopic (exact) mass is 598 g/mol. The van der Waals surface area contributed by atoms with Crippen LogP contribution >= 0.6 is 0 Å². The average molecular weight is 599 g/mol. The Morgan fingerprint density at radius 3 is 2.64 bits per heavy atom. The molecule has 2 aromatic heterocycles. The second-order valence-corrected chi connectivity index (χ2v) is 11.5. The molecule has 1 aromatic carbocycles. The Morgan fingerprint density at radius 2 is 1.89 bits per heavy atom. The number of aromatic nitrogens is 3. The Morgan fingerprint density at radius 1 is 1.11 bits per heavy atom. The highest BCUT2D eigenvalue weighted by molar-refractivity contribution is 5.94. The maximum absolute atomic E-state index is 13.3. The van der Waals surface area contributed by atoms with Crippen LogP contribution in [0.4, 0.5) is 5.69 Å². The summed E-state index contributed by atoms with van der Waals surface area (Å²) in [6.45, 7) is 5.26. The first-order valence-electron chi connectivity index (χ1n) is 14.5. The highest BCUT2D eigenvalue weighted by Gasteiger charge is 2.36. The number of hydrogen-bond acceptors (Lipinski definition) is 8. The molecule has 2 atom stereocenters. The first-order chi connectivity index (χ1) is 21.1. The van der Waals surface area contributed by atoms with Gasteiger partial charge in [-0.05, 0) is 34.9 Å². The molecule has 2 unspecified atom stereocenters. The number of benzene rings is 1. The van der Waals surface area contributed by atoms with Crippen molar-refractivity contribution in [3.05, 3.63) is 105 Å². The van der Waals surface area contributed by atoms with E-state index in [1.807, 2.05) is 73.7 Å². The summed E-state index contributed by atoms with van der Waals surface area (Å²) in [5, 5.41) is 17.2. The van der Waals surface area contributed by atoms with Crippen LogP contribution in [0.15, 0.2) is 76.6 Å². The number of fused-ring (bicyclic) bond motifs is 1. The highest BCUT2D eigenvalue weighted by Crippen LogP contribution is 2.42. The summed E-state index contributed by atoms with van der Waals surface area (Å²) >= 11 is 0. The maximum Gasteiger partial charge on any atom is 0.330 e. The number of aryl methyl sites for hydroxylation is 1. The molecule has 3 heterocycles. The molecule has 1 aliphatic heterocycles. The number of allylic oxidation sites excluding steroid dienone is 2. The normalized spacial score (nSPS) is 18.6. The van der Waals surface area contributed by atoms with Gasteiger partial charge in [0, 0.05) is 50.6 Å². The van der Waals surface area contributed by atoms with E-state index < -0.39 is 28.6 Å². The van der Waals surface area contributed by atoms with Gasteiger partial charge in [-0.1, -0.05) is 56.4 Å². The third-order valence-corrected chi connectivity index (χ3v) is 8.27. The number of hydrogen-bond donors (Lipinski definition) is 3. The summed E-state index contributed by atoms with van der Waals surface area (Å²) in [5.74, 6) is -0.541. The Balaban J connectivity index is 1.41. The standard InChI is InChI=1S/C33H38N6O5/c1-33(2)26(10-7-11-29(33)36-30(41)25-20-37(3)32(43)38(4)31(25)42)22-9-6-8-21(16-22)23-17-28-27(35-18-23)13-12-24(39(28)44-5)19-34-14-15-40/h6-13,16-18,20,24,29,34,40H,14-15,19H2,1-5H3,(H,36,41). The van der Waals surface area contributed by atoms with Gasteiger partial charge < -0.3 is 20.3 Å². The summed E-state index contributed by atoms with van der Waals surface area (Å²) in [6, 6.07) is 9.76. The molecule has 3 N–H and O–H groups in total. The number of aliphatic hydroxyl groups excluding tert-OH is 1. The van der Waals surface area contributed by atoms with E-state index in [1.54, 1.807) is 7.11 Å². The van der Waals surface area contributed by atoms with Crippen molar-refractivity contribution in [3.8, 4) is 11.1 Å². The second-order valence-electron chi connectivity index (χ2n) is 11.5. The zero-order valence-electron chi connectivity index (χ0n) is 25.6. The summed E-state index contributed by atoms with van der Waals surface area (Å²) in [6.07, 6.45) is 13.0. The van der Waals surface area contributed by atoms with Gasteiger partial charge in [0.1, 0.15) is 5.56 Å². The molecule has 0 spiro atoms. The third-order valence-electron chi connectivity index (χ3n) is 8.27. The predicted molar refractivity (Wildman–Crippen MR) is 171 cm³/mol. The van der Waals surface area contributed by atoms with E-state index in [0.29, 0.717) is 13.1 Å². The van der Waals surface area contributed by atoms with Crippen LogP contribution in [0.25, 0.3) is 22.8 Å². The minimum atomic E-state index is -0.638. The fourth-order valence-electron chi connectivity index (χ4n) is 5.73. The van der Waals surface area contributed by atoms with Crippen molar-refractivity contribution in [1.82, 2.24) is 24.8 Å². The molecule has 11 heteroatoms. The lowest BCUT2D eigenvalue weighted by molar-refractivity contribution is 0.0924. The molecule has 44 heavy (non-hydrogen) atoms. The average Bonchev–Trinajstić information content (AvgIpc) is 3.02. The molecular formula is C33H38N6O5. The van der Waals surface area contributed by atoms with E-state index in [2.05, 4.69) is 22.8 Å². The molecule has 2 aliphatic rings. The largest absolute Gasteiger partial charge is 0.395 e. The number of anilines is 1. The van der Waals surface area contributed by atoms with E-state index >= 15 is 0 Å². The van der Waals surface area contributed by atoms with Gasteiger partial charge in [0.2, 0.25) is 0 Å². The van der Waals surface area contributed by atoms with Gasteiger partial charge in [0.05, 0.1) is 37.2 Å². The van der Waals surface area contributed by atoms with Gasteiger partial charge in [0.25, 0.3) is 11.5 Å². The van der Waals surface area contributed by atoms with Crippen LogP contribution in [-0.4, -0.2) is 64.0 Å². The van der Waals surface area contributed by atoms with Crippen molar-refractivity contribution in [1.29, 1.82) is 0 Å². The first-order valence-corrected chi connectivity index (χ1v) is 14.5. The lowest BCUT2D eigenvalue weighted by Crippen LogP contribution is -2.48. The van der Waals surface area contributed by atoms with Crippen molar-refractivity contribution in [2.24, 2.45) is 19.5 Å². The molecule has 0 radical (unpaired) electrons. The van der Waals surface area contributed by atoms with E-state index in [-0.39, 0.29) is 18.2 Å². The lowest BCUT2D eigenvalue weighted by Gasteiger charge is -2.38. The van der Waals surface area contributed by atoms with Crippen molar-refractivity contribution in [3.63, 3.8) is 0 Å². The molecule has 11 nitrogen and oxygen atoms in total. The molecular weight excluding hydrogens is 560 g/mol. The number of pyridine rings is 1. The number of nitrogens with one attached hydrogen (secondary N) is 2. The van der Waals surface area contributed by atoms with Crippen LogP contribution in [0, 0.1) is 5.41 Å². The number of carbonyl (C=O) groups excluding carboxylic acids is 1. The van der Waals surface area contributed by atoms with Crippen molar-refractivity contribution >= 4 is 23.2 Å². The second kappa shape index (κ2) is 12.6. The zero-order valence-corrected chi connectivity index (χ0v) is 25.6. The quantitative estimate of drug-likeness (QED) is 0.320. The number of aliphatic hydroxyl groups is 1. The van der Waals surface area contributed by atoms with Crippen LogP contribution in [0.3, 0.4) is 0 Å². The number of nitrogens with zero attached hydrogens (tertiary/aromatic N) is 4. The van der Waals surface area contributed by atoms with Gasteiger partial charge in [0.15, 0.2) is 0 Å². The first kappa shape index (κ1) is 30.9. The Bertz CT molecular complexity index is 1780.